The van der Waals surface area contributed by atoms with Crippen LogP contribution in [0, 0.1) is 5.92 Å². The van der Waals surface area contributed by atoms with Gasteiger partial charge in [-0.1, -0.05) is 6.92 Å². The van der Waals surface area contributed by atoms with Gasteiger partial charge in [0.2, 0.25) is 0 Å². The number of ether oxygens (including phenoxy) is 2. The van der Waals surface area contributed by atoms with Crippen molar-refractivity contribution < 1.29 is 19.4 Å². The second-order valence-electron chi connectivity index (χ2n) is 4.86. The molecule has 1 rings (SSSR count). The monoisotopic (exact) mass is 231 g/mol. The second-order valence-corrected chi connectivity index (χ2v) is 4.86. The number of hydrogen-bond donors (Lipinski definition) is 1. The number of nitrogens with zero attached hydrogens (tertiary/aromatic N) is 1. The molecule has 0 aromatic rings. The number of carboxylic acid groups (broad SMARTS) is 1. The topological polar surface area (TPSA) is 59.0 Å². The highest BCUT2D eigenvalue weighted by atomic mass is 16.5. The molecule has 1 saturated heterocycles. The van der Waals surface area contributed by atoms with Gasteiger partial charge in [0.25, 0.3) is 0 Å². The van der Waals surface area contributed by atoms with E-state index in [2.05, 4.69) is 0 Å². The molecule has 1 fully saturated rings. The summed E-state index contributed by atoms with van der Waals surface area (Å²) in [6, 6.07) is -0.611. The van der Waals surface area contributed by atoms with Gasteiger partial charge in [-0.3, -0.25) is 9.69 Å². The van der Waals surface area contributed by atoms with Gasteiger partial charge in [-0.2, -0.15) is 0 Å². The molecule has 0 aromatic carbocycles. The van der Waals surface area contributed by atoms with Crippen molar-refractivity contribution in [2.75, 3.05) is 20.8 Å². The molecule has 0 aliphatic carbocycles. The number of rotatable bonds is 4. The molecule has 1 N–H and O–H groups in total. The highest BCUT2D eigenvalue weighted by Crippen LogP contribution is 2.34. The second kappa shape index (κ2) is 4.69. The minimum absolute atomic E-state index is 0.0512. The average molecular weight is 231 g/mol. The summed E-state index contributed by atoms with van der Waals surface area (Å²) in [7, 11) is 3.38. The fourth-order valence-corrected chi connectivity index (χ4v) is 2.13. The van der Waals surface area contributed by atoms with E-state index in [0.29, 0.717) is 6.61 Å². The van der Waals surface area contributed by atoms with Gasteiger partial charge in [-0.25, -0.2) is 0 Å². The Labute approximate surface area is 96.3 Å². The summed E-state index contributed by atoms with van der Waals surface area (Å²) in [4.78, 5) is 13.0. The van der Waals surface area contributed by atoms with E-state index in [9.17, 15) is 9.90 Å². The molecule has 1 aliphatic heterocycles. The Morgan fingerprint density at radius 1 is 1.62 bits per heavy atom. The van der Waals surface area contributed by atoms with Crippen molar-refractivity contribution >= 4 is 5.97 Å². The molecule has 16 heavy (non-hydrogen) atoms. The Balaban J connectivity index is 2.87. The SMILES string of the molecule is COC[C@@H](C)[C@H]1OC(C)(C)N(C)[C@@H]1C(=O)O. The van der Waals surface area contributed by atoms with Crippen LogP contribution in [0.25, 0.3) is 0 Å². The largest absolute Gasteiger partial charge is 0.480 e. The fourth-order valence-electron chi connectivity index (χ4n) is 2.13. The minimum Gasteiger partial charge on any atom is -0.480 e. The zero-order valence-electron chi connectivity index (χ0n) is 10.6. The maximum Gasteiger partial charge on any atom is 0.323 e. The molecule has 5 heteroatoms. The van der Waals surface area contributed by atoms with Gasteiger partial charge in [0.1, 0.15) is 11.8 Å². The summed E-state index contributed by atoms with van der Waals surface area (Å²) in [5, 5.41) is 9.24. The zero-order chi connectivity index (χ0) is 12.5. The van der Waals surface area contributed by atoms with E-state index in [1.165, 1.54) is 0 Å². The van der Waals surface area contributed by atoms with Gasteiger partial charge in [0, 0.05) is 13.0 Å². The molecule has 0 unspecified atom stereocenters. The Bertz CT molecular complexity index is 267. The molecule has 0 amide bonds. The maximum absolute atomic E-state index is 11.3. The van der Waals surface area contributed by atoms with Crippen LogP contribution in [0.3, 0.4) is 0 Å². The summed E-state index contributed by atoms with van der Waals surface area (Å²) in [5.74, 6) is -0.795. The first-order valence-corrected chi connectivity index (χ1v) is 5.43. The summed E-state index contributed by atoms with van der Waals surface area (Å²) < 4.78 is 10.9. The van der Waals surface area contributed by atoms with Crippen molar-refractivity contribution in [3.8, 4) is 0 Å². The van der Waals surface area contributed by atoms with E-state index in [-0.39, 0.29) is 12.0 Å². The molecule has 0 saturated carbocycles. The highest BCUT2D eigenvalue weighted by Gasteiger charge is 2.50. The molecule has 5 nitrogen and oxygen atoms in total. The summed E-state index contributed by atoms with van der Waals surface area (Å²) in [6.07, 6.45) is -0.336. The van der Waals surface area contributed by atoms with Crippen LogP contribution in [-0.2, 0) is 14.3 Å². The van der Waals surface area contributed by atoms with Gasteiger partial charge in [-0.15, -0.1) is 0 Å². The highest BCUT2D eigenvalue weighted by molar-refractivity contribution is 5.74. The Hall–Kier alpha value is -0.650. The van der Waals surface area contributed by atoms with E-state index in [1.54, 1.807) is 19.1 Å². The quantitative estimate of drug-likeness (QED) is 0.775. The molecule has 0 spiro atoms. The summed E-state index contributed by atoms with van der Waals surface area (Å²) in [6.45, 7) is 6.20. The average Bonchev–Trinajstić information content (AvgIpc) is 2.39. The molecule has 94 valence electrons. The van der Waals surface area contributed by atoms with Gasteiger partial charge < -0.3 is 14.6 Å². The predicted octanol–water partition coefficient (Wildman–Crippen LogP) is 0.789. The maximum atomic E-state index is 11.3. The first-order chi connectivity index (χ1) is 7.31. The molecular weight excluding hydrogens is 210 g/mol. The van der Waals surface area contributed by atoms with Gasteiger partial charge in [0.15, 0.2) is 0 Å². The van der Waals surface area contributed by atoms with Gasteiger partial charge >= 0.3 is 5.97 Å². The van der Waals surface area contributed by atoms with Crippen LogP contribution in [0.5, 0.6) is 0 Å². The lowest BCUT2D eigenvalue weighted by Crippen LogP contribution is -2.46. The smallest absolute Gasteiger partial charge is 0.323 e. The minimum atomic E-state index is -0.846. The Morgan fingerprint density at radius 2 is 2.19 bits per heavy atom. The van der Waals surface area contributed by atoms with Crippen molar-refractivity contribution in [3.63, 3.8) is 0 Å². The van der Waals surface area contributed by atoms with Crippen LogP contribution in [-0.4, -0.2) is 54.6 Å². The number of aliphatic carboxylic acids is 1. The molecule has 0 radical (unpaired) electrons. The standard InChI is InChI=1S/C11H21NO4/c1-7(6-15-5)9-8(10(13)14)12(4)11(2,3)16-9/h7-9H,6H2,1-5H3,(H,13,14)/t7-,8+,9-/m1/s1. The summed E-state index contributed by atoms with van der Waals surface area (Å²) in [5.41, 5.74) is -0.546. The third-order valence-corrected chi connectivity index (χ3v) is 3.25. The number of carboxylic acids is 1. The molecular formula is C11H21NO4. The van der Waals surface area contributed by atoms with Crippen LogP contribution in [0.15, 0.2) is 0 Å². The summed E-state index contributed by atoms with van der Waals surface area (Å²) >= 11 is 0. The molecule has 1 aliphatic rings. The zero-order valence-corrected chi connectivity index (χ0v) is 10.6. The molecule has 3 atom stereocenters. The van der Waals surface area contributed by atoms with E-state index in [0.717, 1.165) is 0 Å². The molecule has 0 aromatic heterocycles. The lowest BCUT2D eigenvalue weighted by Gasteiger charge is -2.27. The third-order valence-electron chi connectivity index (χ3n) is 3.25. The first-order valence-electron chi connectivity index (χ1n) is 5.43. The van der Waals surface area contributed by atoms with Crippen molar-refractivity contribution in [2.45, 2.75) is 38.6 Å². The normalized spacial score (nSPS) is 31.6. The number of carbonyl (C=O) groups is 1. The number of methoxy groups -OCH3 is 1. The van der Waals surface area contributed by atoms with Crippen molar-refractivity contribution in [2.24, 2.45) is 5.92 Å². The third kappa shape index (κ3) is 2.36. The van der Waals surface area contributed by atoms with E-state index in [4.69, 9.17) is 9.47 Å². The lowest BCUT2D eigenvalue weighted by atomic mass is 9.98. The van der Waals surface area contributed by atoms with Gasteiger partial charge in [0.05, 0.1) is 12.7 Å². The van der Waals surface area contributed by atoms with Crippen LogP contribution >= 0.6 is 0 Å². The molecule has 1 heterocycles. The van der Waals surface area contributed by atoms with Crippen LogP contribution < -0.4 is 0 Å². The number of likely N-dealkylation sites (N-methyl/N-ethyl adjacent to an activating group) is 1. The van der Waals surface area contributed by atoms with Crippen molar-refractivity contribution in [3.05, 3.63) is 0 Å². The lowest BCUT2D eigenvalue weighted by molar-refractivity contribution is -0.143. The van der Waals surface area contributed by atoms with Crippen molar-refractivity contribution in [1.29, 1.82) is 0 Å². The van der Waals surface area contributed by atoms with Crippen LogP contribution in [0.2, 0.25) is 0 Å². The molecule has 0 bridgehead atoms. The first kappa shape index (κ1) is 13.4. The van der Waals surface area contributed by atoms with Crippen molar-refractivity contribution in [1.82, 2.24) is 4.90 Å². The van der Waals surface area contributed by atoms with E-state index >= 15 is 0 Å². The van der Waals surface area contributed by atoms with E-state index < -0.39 is 17.7 Å². The predicted molar refractivity (Wildman–Crippen MR) is 59.2 cm³/mol. The Morgan fingerprint density at radius 3 is 2.62 bits per heavy atom. The number of hydrogen-bond acceptors (Lipinski definition) is 4. The Kier molecular flexibility index (Phi) is 3.93. The van der Waals surface area contributed by atoms with E-state index in [1.807, 2.05) is 20.8 Å². The van der Waals surface area contributed by atoms with Crippen LogP contribution in [0.1, 0.15) is 20.8 Å². The fraction of sp³-hybridized carbons (Fsp3) is 0.909. The van der Waals surface area contributed by atoms with Gasteiger partial charge in [-0.05, 0) is 20.9 Å². The van der Waals surface area contributed by atoms with Crippen LogP contribution in [0.4, 0.5) is 0 Å².